The first-order chi connectivity index (χ1) is 10.2. The van der Waals surface area contributed by atoms with Crippen molar-refractivity contribution in [2.24, 2.45) is 0 Å². The van der Waals surface area contributed by atoms with Crippen molar-refractivity contribution in [1.29, 1.82) is 0 Å². The number of hydrogen-bond acceptors (Lipinski definition) is 5. The van der Waals surface area contributed by atoms with Gasteiger partial charge in [0.05, 0.1) is 6.33 Å². The average molecular weight is 283 g/mol. The first-order valence-electron chi connectivity index (χ1n) is 6.41. The lowest BCUT2D eigenvalue weighted by molar-refractivity contribution is -0.137. The third-order valence-electron chi connectivity index (χ3n) is 3.11. The summed E-state index contributed by atoms with van der Waals surface area (Å²) >= 11 is 0. The van der Waals surface area contributed by atoms with Crippen molar-refractivity contribution >= 4 is 23.0 Å². The maximum atomic E-state index is 11.5. The van der Waals surface area contributed by atoms with E-state index in [4.69, 9.17) is 0 Å². The summed E-state index contributed by atoms with van der Waals surface area (Å²) in [6.07, 6.45) is 3.21. The minimum atomic E-state index is -0.940. The summed E-state index contributed by atoms with van der Waals surface area (Å²) in [7, 11) is 0. The summed E-state index contributed by atoms with van der Waals surface area (Å²) < 4.78 is 0. The van der Waals surface area contributed by atoms with E-state index in [9.17, 15) is 9.90 Å². The predicted molar refractivity (Wildman–Crippen MR) is 76.9 cm³/mol. The van der Waals surface area contributed by atoms with Gasteiger partial charge in [-0.3, -0.25) is 0 Å². The number of benzene rings is 1. The number of aromatic nitrogens is 4. The zero-order chi connectivity index (χ0) is 14.7. The number of nitrogens with zero attached hydrogens (tertiary/aromatic N) is 3. The van der Waals surface area contributed by atoms with Crippen molar-refractivity contribution in [1.82, 2.24) is 19.9 Å². The van der Waals surface area contributed by atoms with Gasteiger partial charge in [-0.25, -0.2) is 19.7 Å². The van der Waals surface area contributed by atoms with E-state index in [1.165, 1.54) is 12.7 Å². The second-order valence-corrected chi connectivity index (χ2v) is 4.55. The van der Waals surface area contributed by atoms with Crippen LogP contribution in [0.3, 0.4) is 0 Å². The van der Waals surface area contributed by atoms with E-state index in [1.54, 1.807) is 0 Å². The lowest BCUT2D eigenvalue weighted by Crippen LogP contribution is -2.32. The number of aliphatic carboxylic acids is 1. The molecule has 0 amide bonds. The molecule has 7 heteroatoms. The Labute approximate surface area is 120 Å². The second-order valence-electron chi connectivity index (χ2n) is 4.55. The number of imidazole rings is 1. The Kier molecular flexibility index (Phi) is 3.46. The Balaban J connectivity index is 1.85. The number of hydrogen-bond donors (Lipinski definition) is 3. The summed E-state index contributed by atoms with van der Waals surface area (Å²) in [4.78, 5) is 26.5. The van der Waals surface area contributed by atoms with Crippen molar-refractivity contribution in [3.63, 3.8) is 0 Å². The molecule has 2 heterocycles. The van der Waals surface area contributed by atoms with E-state index in [1.807, 2.05) is 30.3 Å². The monoisotopic (exact) mass is 283 g/mol. The fraction of sp³-hybridized carbons (Fsp3) is 0.143. The molecular formula is C14H13N5O2. The Morgan fingerprint density at radius 2 is 2.05 bits per heavy atom. The minimum absolute atomic E-state index is 0.357. The van der Waals surface area contributed by atoms with E-state index < -0.39 is 12.0 Å². The highest BCUT2D eigenvalue weighted by molar-refractivity contribution is 5.85. The molecule has 3 aromatic rings. The molecular weight excluding hydrogens is 270 g/mol. The fourth-order valence-electron chi connectivity index (χ4n) is 2.09. The highest BCUT2D eigenvalue weighted by atomic mass is 16.4. The lowest BCUT2D eigenvalue weighted by atomic mass is 10.1. The van der Waals surface area contributed by atoms with Crippen LogP contribution in [0.4, 0.5) is 5.82 Å². The van der Waals surface area contributed by atoms with Crippen molar-refractivity contribution in [2.75, 3.05) is 5.32 Å². The summed E-state index contributed by atoms with van der Waals surface area (Å²) in [6.45, 7) is 0. The highest BCUT2D eigenvalue weighted by Crippen LogP contribution is 2.16. The van der Waals surface area contributed by atoms with Crippen LogP contribution in [-0.2, 0) is 11.2 Å². The van der Waals surface area contributed by atoms with Crippen LogP contribution in [0.1, 0.15) is 5.56 Å². The van der Waals surface area contributed by atoms with Crippen LogP contribution >= 0.6 is 0 Å². The van der Waals surface area contributed by atoms with Crippen molar-refractivity contribution in [2.45, 2.75) is 12.5 Å². The number of carboxylic acid groups (broad SMARTS) is 1. The van der Waals surface area contributed by atoms with Gasteiger partial charge in [-0.1, -0.05) is 30.3 Å². The third kappa shape index (κ3) is 2.81. The number of fused-ring (bicyclic) bond motifs is 1. The fourth-order valence-corrected chi connectivity index (χ4v) is 2.09. The van der Waals surface area contributed by atoms with E-state index in [0.717, 1.165) is 5.56 Å². The van der Waals surface area contributed by atoms with Crippen LogP contribution in [0.15, 0.2) is 43.0 Å². The van der Waals surface area contributed by atoms with Crippen LogP contribution in [0.5, 0.6) is 0 Å². The molecule has 0 unspecified atom stereocenters. The third-order valence-corrected chi connectivity index (χ3v) is 3.11. The molecule has 0 aliphatic rings. The topological polar surface area (TPSA) is 104 Å². The van der Waals surface area contributed by atoms with E-state index in [2.05, 4.69) is 25.3 Å². The molecule has 0 radical (unpaired) electrons. The SMILES string of the molecule is O=C(O)[C@H](Cc1ccccc1)Nc1ncnc2nc[nH]c12. The smallest absolute Gasteiger partial charge is 0.326 e. The summed E-state index contributed by atoms with van der Waals surface area (Å²) in [5.74, 6) is -0.508. The zero-order valence-electron chi connectivity index (χ0n) is 11.0. The summed E-state index contributed by atoms with van der Waals surface area (Å²) in [5, 5.41) is 12.3. The molecule has 0 saturated carbocycles. The van der Waals surface area contributed by atoms with Crippen LogP contribution in [0.25, 0.3) is 11.2 Å². The molecule has 0 aliphatic carbocycles. The average Bonchev–Trinajstić information content (AvgIpc) is 2.97. The van der Waals surface area contributed by atoms with E-state index >= 15 is 0 Å². The molecule has 0 spiro atoms. The van der Waals surface area contributed by atoms with Gasteiger partial charge in [-0.05, 0) is 5.56 Å². The van der Waals surface area contributed by atoms with Gasteiger partial charge in [0.2, 0.25) is 0 Å². The minimum Gasteiger partial charge on any atom is -0.480 e. The molecule has 106 valence electrons. The lowest BCUT2D eigenvalue weighted by Gasteiger charge is -2.15. The molecule has 0 fully saturated rings. The molecule has 1 aromatic carbocycles. The van der Waals surface area contributed by atoms with Gasteiger partial charge in [0.15, 0.2) is 11.5 Å². The largest absolute Gasteiger partial charge is 0.480 e. The van der Waals surface area contributed by atoms with Crippen LogP contribution in [0, 0.1) is 0 Å². The molecule has 21 heavy (non-hydrogen) atoms. The Hall–Kier alpha value is -2.96. The molecule has 3 N–H and O–H groups in total. The standard InChI is InChI=1S/C14H13N5O2/c20-14(21)10(6-9-4-2-1-3-5-9)19-13-11-12(16-7-15-11)17-8-18-13/h1-5,7-8,10H,6H2,(H,20,21)(H2,15,16,17,18,19)/t10-/m0/s1. The van der Waals surface area contributed by atoms with Crippen LogP contribution in [0.2, 0.25) is 0 Å². The van der Waals surface area contributed by atoms with Gasteiger partial charge in [0.1, 0.15) is 17.9 Å². The number of rotatable bonds is 5. The number of anilines is 1. The Bertz CT molecular complexity index is 756. The molecule has 0 saturated heterocycles. The number of aromatic amines is 1. The predicted octanol–water partition coefficient (Wildman–Crippen LogP) is 1.46. The maximum Gasteiger partial charge on any atom is 0.326 e. The Morgan fingerprint density at radius 1 is 1.24 bits per heavy atom. The van der Waals surface area contributed by atoms with Gasteiger partial charge in [0, 0.05) is 6.42 Å². The molecule has 1 atom stereocenters. The van der Waals surface area contributed by atoms with Gasteiger partial charge in [-0.15, -0.1) is 0 Å². The molecule has 3 rings (SSSR count). The second kappa shape index (κ2) is 5.58. The first kappa shape index (κ1) is 13.0. The molecule has 7 nitrogen and oxygen atoms in total. The number of nitrogens with one attached hydrogen (secondary N) is 2. The quantitative estimate of drug-likeness (QED) is 0.655. The van der Waals surface area contributed by atoms with Crippen molar-refractivity contribution < 1.29 is 9.90 Å². The number of H-pyrrole nitrogens is 1. The number of carbonyl (C=O) groups is 1. The van der Waals surface area contributed by atoms with Crippen LogP contribution in [-0.4, -0.2) is 37.1 Å². The van der Waals surface area contributed by atoms with Crippen molar-refractivity contribution in [3.8, 4) is 0 Å². The number of carboxylic acids is 1. The molecule has 0 bridgehead atoms. The zero-order valence-corrected chi connectivity index (χ0v) is 11.0. The van der Waals surface area contributed by atoms with Gasteiger partial charge in [-0.2, -0.15) is 0 Å². The summed E-state index contributed by atoms with van der Waals surface area (Å²) in [6, 6.07) is 8.66. The Morgan fingerprint density at radius 3 is 2.81 bits per heavy atom. The van der Waals surface area contributed by atoms with Gasteiger partial charge < -0.3 is 15.4 Å². The van der Waals surface area contributed by atoms with Gasteiger partial charge in [0.25, 0.3) is 0 Å². The highest BCUT2D eigenvalue weighted by Gasteiger charge is 2.20. The molecule has 0 aliphatic heterocycles. The van der Waals surface area contributed by atoms with E-state index in [-0.39, 0.29) is 0 Å². The first-order valence-corrected chi connectivity index (χ1v) is 6.41. The molecule has 2 aromatic heterocycles. The van der Waals surface area contributed by atoms with Crippen molar-refractivity contribution in [3.05, 3.63) is 48.5 Å². The van der Waals surface area contributed by atoms with Gasteiger partial charge >= 0.3 is 5.97 Å². The van der Waals surface area contributed by atoms with E-state index in [0.29, 0.717) is 23.4 Å². The summed E-state index contributed by atoms with van der Waals surface area (Å²) in [5.41, 5.74) is 2.03. The maximum absolute atomic E-state index is 11.5. The normalized spacial score (nSPS) is 12.2. The van der Waals surface area contributed by atoms with Crippen LogP contribution < -0.4 is 5.32 Å².